The maximum Gasteiger partial charge on any atom is 0.352 e. The molecule has 0 saturated carbocycles. The van der Waals surface area contributed by atoms with Gasteiger partial charge in [0.15, 0.2) is 0 Å². The van der Waals surface area contributed by atoms with Gasteiger partial charge in [0.2, 0.25) is 5.91 Å². The summed E-state index contributed by atoms with van der Waals surface area (Å²) < 4.78 is 8.10. The van der Waals surface area contributed by atoms with Gasteiger partial charge >= 0.3 is 5.69 Å². The van der Waals surface area contributed by atoms with Crippen molar-refractivity contribution in [1.29, 1.82) is 0 Å². The van der Waals surface area contributed by atoms with Crippen LogP contribution in [0.2, 0.25) is 0 Å². The van der Waals surface area contributed by atoms with Crippen molar-refractivity contribution in [1.82, 2.24) is 19.2 Å². The quantitative estimate of drug-likeness (QED) is 0.549. The number of benzene rings is 2. The van der Waals surface area contributed by atoms with Crippen molar-refractivity contribution in [2.24, 2.45) is 0 Å². The molecule has 31 heavy (non-hydrogen) atoms. The van der Waals surface area contributed by atoms with Gasteiger partial charge in [-0.15, -0.1) is 5.10 Å². The first kappa shape index (κ1) is 18.9. The molecular weight excluding hydrogens is 396 g/mol. The summed E-state index contributed by atoms with van der Waals surface area (Å²) in [5.41, 5.74) is 2.19. The molecule has 0 aliphatic carbocycles. The van der Waals surface area contributed by atoms with Crippen molar-refractivity contribution in [2.75, 3.05) is 23.4 Å². The number of anilines is 3. The van der Waals surface area contributed by atoms with E-state index in [2.05, 4.69) is 15.4 Å². The van der Waals surface area contributed by atoms with E-state index in [9.17, 15) is 9.59 Å². The molecular formula is C22H20N6O3. The number of amides is 1. The molecule has 0 spiro atoms. The molecule has 3 heterocycles. The molecule has 156 valence electrons. The summed E-state index contributed by atoms with van der Waals surface area (Å²) in [4.78, 5) is 31.8. The Labute approximate surface area is 177 Å². The third kappa shape index (κ3) is 3.61. The first-order valence-corrected chi connectivity index (χ1v) is 9.90. The fourth-order valence-electron chi connectivity index (χ4n) is 3.55. The summed E-state index contributed by atoms with van der Waals surface area (Å²) in [5.74, 6) is 1.20. The van der Waals surface area contributed by atoms with Gasteiger partial charge < -0.3 is 15.0 Å². The zero-order valence-electron chi connectivity index (χ0n) is 16.9. The lowest BCUT2D eigenvalue weighted by Gasteiger charge is -2.29. The van der Waals surface area contributed by atoms with Crippen LogP contribution in [0.4, 0.5) is 17.2 Å². The van der Waals surface area contributed by atoms with Gasteiger partial charge in [-0.2, -0.15) is 4.98 Å². The van der Waals surface area contributed by atoms with Gasteiger partial charge in [0.1, 0.15) is 24.7 Å². The Morgan fingerprint density at radius 2 is 2.00 bits per heavy atom. The number of para-hydroxylation sites is 1. The number of fused-ring (bicyclic) bond motifs is 2. The van der Waals surface area contributed by atoms with Crippen molar-refractivity contribution in [3.05, 3.63) is 76.8 Å². The standard InChI is InChI=1S/C22H20N6O3/c1-15-7-8-18-17(13-15)26(11-12-31-18)20(29)14-28-22(30)27-10-9-19(24-21(27)25-28)23-16-5-3-2-4-6-16/h2-10,13H,11-12,14H2,1H3,(H,23,24,25). The van der Waals surface area contributed by atoms with Gasteiger partial charge in [-0.1, -0.05) is 24.3 Å². The minimum absolute atomic E-state index is 0.184. The van der Waals surface area contributed by atoms with Crippen molar-refractivity contribution in [3.8, 4) is 5.75 Å². The number of carbonyl (C=O) groups is 1. The van der Waals surface area contributed by atoms with Crippen molar-refractivity contribution in [3.63, 3.8) is 0 Å². The van der Waals surface area contributed by atoms with Crippen LogP contribution in [0.15, 0.2) is 65.6 Å². The summed E-state index contributed by atoms with van der Waals surface area (Å²) in [6.07, 6.45) is 1.59. The number of nitrogens with zero attached hydrogens (tertiary/aromatic N) is 5. The van der Waals surface area contributed by atoms with Crippen molar-refractivity contribution < 1.29 is 9.53 Å². The number of hydrogen-bond donors (Lipinski definition) is 1. The van der Waals surface area contributed by atoms with Gasteiger partial charge in [0.05, 0.1) is 12.2 Å². The second kappa shape index (κ2) is 7.60. The van der Waals surface area contributed by atoms with E-state index >= 15 is 0 Å². The van der Waals surface area contributed by atoms with Gasteiger partial charge in [-0.25, -0.2) is 13.9 Å². The Balaban J connectivity index is 1.41. The highest BCUT2D eigenvalue weighted by molar-refractivity contribution is 5.95. The lowest BCUT2D eigenvalue weighted by molar-refractivity contribution is -0.119. The highest BCUT2D eigenvalue weighted by atomic mass is 16.5. The summed E-state index contributed by atoms with van der Waals surface area (Å²) in [7, 11) is 0. The monoisotopic (exact) mass is 416 g/mol. The molecule has 1 N–H and O–H groups in total. The Morgan fingerprint density at radius 3 is 2.84 bits per heavy atom. The van der Waals surface area contributed by atoms with Crippen LogP contribution in [-0.4, -0.2) is 38.2 Å². The Bertz CT molecular complexity index is 1330. The number of rotatable bonds is 4. The molecule has 0 saturated heterocycles. The molecule has 4 aromatic rings. The lowest BCUT2D eigenvalue weighted by atomic mass is 10.1. The Hall–Kier alpha value is -4.14. The molecule has 9 heteroatoms. The van der Waals surface area contributed by atoms with E-state index in [-0.39, 0.29) is 18.2 Å². The van der Waals surface area contributed by atoms with Crippen LogP contribution >= 0.6 is 0 Å². The summed E-state index contributed by atoms with van der Waals surface area (Å²) in [5, 5.41) is 7.43. The summed E-state index contributed by atoms with van der Waals surface area (Å²) >= 11 is 0. The second-order valence-corrected chi connectivity index (χ2v) is 7.28. The average Bonchev–Trinajstić information content (AvgIpc) is 3.08. The van der Waals surface area contributed by atoms with Crippen LogP contribution in [0.1, 0.15) is 5.56 Å². The van der Waals surface area contributed by atoms with Gasteiger partial charge in [-0.3, -0.25) is 4.79 Å². The van der Waals surface area contributed by atoms with Crippen LogP contribution in [0.3, 0.4) is 0 Å². The highest BCUT2D eigenvalue weighted by Gasteiger charge is 2.25. The summed E-state index contributed by atoms with van der Waals surface area (Å²) in [6, 6.07) is 17.0. The zero-order valence-corrected chi connectivity index (χ0v) is 16.9. The molecule has 1 amide bonds. The normalized spacial score (nSPS) is 13.0. The molecule has 1 aliphatic heterocycles. The first-order valence-electron chi connectivity index (χ1n) is 9.90. The van der Waals surface area contributed by atoms with Crippen LogP contribution < -0.4 is 20.6 Å². The smallest absolute Gasteiger partial charge is 0.352 e. The second-order valence-electron chi connectivity index (χ2n) is 7.28. The van der Waals surface area contributed by atoms with E-state index in [0.29, 0.717) is 30.4 Å². The van der Waals surface area contributed by atoms with E-state index in [1.165, 1.54) is 4.40 Å². The molecule has 2 aromatic carbocycles. The predicted octanol–water partition coefficient (Wildman–Crippen LogP) is 2.37. The largest absolute Gasteiger partial charge is 0.490 e. The third-order valence-corrected chi connectivity index (χ3v) is 5.06. The van der Waals surface area contributed by atoms with Gasteiger partial charge in [0.25, 0.3) is 5.78 Å². The minimum atomic E-state index is -0.417. The van der Waals surface area contributed by atoms with Crippen LogP contribution in [-0.2, 0) is 11.3 Å². The Kier molecular flexibility index (Phi) is 4.62. The molecule has 5 rings (SSSR count). The number of aromatic nitrogens is 4. The maximum absolute atomic E-state index is 13.0. The average molecular weight is 416 g/mol. The molecule has 1 aliphatic rings. The fraction of sp³-hybridized carbons (Fsp3) is 0.182. The van der Waals surface area contributed by atoms with Gasteiger partial charge in [-0.05, 0) is 42.8 Å². The van der Waals surface area contributed by atoms with Crippen LogP contribution in [0.5, 0.6) is 5.75 Å². The fourth-order valence-corrected chi connectivity index (χ4v) is 3.55. The van der Waals surface area contributed by atoms with Crippen molar-refractivity contribution in [2.45, 2.75) is 13.5 Å². The minimum Gasteiger partial charge on any atom is -0.490 e. The number of aryl methyl sites for hydroxylation is 1. The molecule has 9 nitrogen and oxygen atoms in total. The molecule has 0 radical (unpaired) electrons. The lowest BCUT2D eigenvalue weighted by Crippen LogP contribution is -2.41. The number of carbonyl (C=O) groups excluding carboxylic acids is 1. The summed E-state index contributed by atoms with van der Waals surface area (Å²) in [6.45, 7) is 2.59. The Morgan fingerprint density at radius 1 is 1.16 bits per heavy atom. The third-order valence-electron chi connectivity index (χ3n) is 5.06. The van der Waals surface area contributed by atoms with Crippen molar-refractivity contribution >= 4 is 28.9 Å². The molecule has 0 bridgehead atoms. The number of hydrogen-bond acceptors (Lipinski definition) is 6. The van der Waals surface area contributed by atoms with E-state index in [4.69, 9.17) is 4.74 Å². The number of nitrogens with one attached hydrogen (secondary N) is 1. The topological polar surface area (TPSA) is 93.8 Å². The van der Waals surface area contributed by atoms with Crippen LogP contribution in [0.25, 0.3) is 5.78 Å². The van der Waals surface area contributed by atoms with Crippen LogP contribution in [0, 0.1) is 6.92 Å². The zero-order chi connectivity index (χ0) is 21.4. The van der Waals surface area contributed by atoms with E-state index < -0.39 is 5.69 Å². The van der Waals surface area contributed by atoms with E-state index in [1.54, 1.807) is 17.2 Å². The van der Waals surface area contributed by atoms with E-state index in [1.807, 2.05) is 55.5 Å². The molecule has 0 atom stereocenters. The molecule has 0 unspecified atom stereocenters. The van der Waals surface area contributed by atoms with E-state index in [0.717, 1.165) is 15.9 Å². The maximum atomic E-state index is 13.0. The predicted molar refractivity (Wildman–Crippen MR) is 116 cm³/mol. The first-order chi connectivity index (χ1) is 15.1. The molecule has 2 aromatic heterocycles. The molecule has 0 fully saturated rings. The van der Waals surface area contributed by atoms with Gasteiger partial charge in [0, 0.05) is 11.9 Å². The highest BCUT2D eigenvalue weighted by Crippen LogP contribution is 2.32. The SMILES string of the molecule is Cc1ccc2c(c1)N(C(=O)Cn1nc3nc(Nc4ccccc4)ccn3c1=O)CCO2. The number of ether oxygens (including phenoxy) is 1.